The zero-order valence-electron chi connectivity index (χ0n) is 14.7. The van der Waals surface area contributed by atoms with E-state index in [1.54, 1.807) is 31.4 Å². The lowest BCUT2D eigenvalue weighted by Crippen LogP contribution is -2.54. The molecule has 0 fully saturated rings. The van der Waals surface area contributed by atoms with Gasteiger partial charge in [0.1, 0.15) is 17.9 Å². The maximum absolute atomic E-state index is 12.0. The molecule has 2 N–H and O–H groups in total. The Labute approximate surface area is 146 Å². The number of ether oxygens (including phenoxy) is 2. The first-order valence-corrected chi connectivity index (χ1v) is 8.49. The van der Waals surface area contributed by atoms with Gasteiger partial charge >= 0.3 is 12.1 Å². The first-order chi connectivity index (χ1) is 11.1. The number of carbonyl (C=O) groups is 2. The SMILES string of the molecule is COc1ccc(COC(=O)N[C@@](C)(CSC(C)(C)C)C(=O)O)cc1. The zero-order valence-corrected chi connectivity index (χ0v) is 15.5. The smallest absolute Gasteiger partial charge is 0.408 e. The number of carboxylic acid groups (broad SMARTS) is 1. The molecule has 1 rings (SSSR count). The van der Waals surface area contributed by atoms with Gasteiger partial charge in [-0.3, -0.25) is 0 Å². The Balaban J connectivity index is 2.59. The number of hydrogen-bond donors (Lipinski definition) is 2. The molecule has 7 heteroatoms. The summed E-state index contributed by atoms with van der Waals surface area (Å²) in [7, 11) is 1.57. The molecule has 6 nitrogen and oxygen atoms in total. The summed E-state index contributed by atoms with van der Waals surface area (Å²) >= 11 is 1.46. The van der Waals surface area contributed by atoms with Crippen LogP contribution in [0.2, 0.25) is 0 Å². The first kappa shape index (κ1) is 20.2. The molecular formula is C17H25NO5S. The van der Waals surface area contributed by atoms with E-state index in [1.165, 1.54) is 18.7 Å². The summed E-state index contributed by atoms with van der Waals surface area (Å²) < 4.78 is 10.1. The molecule has 1 aromatic carbocycles. The van der Waals surface area contributed by atoms with Crippen LogP contribution < -0.4 is 10.1 Å². The largest absolute Gasteiger partial charge is 0.497 e. The molecule has 1 amide bonds. The molecule has 24 heavy (non-hydrogen) atoms. The molecule has 0 saturated heterocycles. The third-order valence-electron chi connectivity index (χ3n) is 3.17. The van der Waals surface area contributed by atoms with Crippen LogP contribution in [-0.4, -0.2) is 40.3 Å². The van der Waals surface area contributed by atoms with Crippen LogP contribution in [0.3, 0.4) is 0 Å². The maximum Gasteiger partial charge on any atom is 0.408 e. The van der Waals surface area contributed by atoms with E-state index >= 15 is 0 Å². The number of carbonyl (C=O) groups excluding carboxylic acids is 1. The summed E-state index contributed by atoms with van der Waals surface area (Å²) in [6.45, 7) is 7.49. The molecule has 0 aliphatic heterocycles. The van der Waals surface area contributed by atoms with Crippen molar-refractivity contribution in [3.05, 3.63) is 29.8 Å². The van der Waals surface area contributed by atoms with Crippen molar-refractivity contribution in [1.29, 1.82) is 0 Å². The van der Waals surface area contributed by atoms with Crippen molar-refractivity contribution in [3.63, 3.8) is 0 Å². The Morgan fingerprint density at radius 2 is 1.75 bits per heavy atom. The van der Waals surface area contributed by atoms with Crippen molar-refractivity contribution < 1.29 is 24.2 Å². The minimum Gasteiger partial charge on any atom is -0.497 e. The lowest BCUT2D eigenvalue weighted by Gasteiger charge is -2.29. The van der Waals surface area contributed by atoms with Crippen LogP contribution in [0.4, 0.5) is 4.79 Å². The number of hydrogen-bond acceptors (Lipinski definition) is 5. The Morgan fingerprint density at radius 1 is 1.17 bits per heavy atom. The molecule has 1 atom stereocenters. The van der Waals surface area contributed by atoms with Crippen LogP contribution in [-0.2, 0) is 16.1 Å². The molecule has 1 aromatic rings. The predicted molar refractivity (Wildman–Crippen MR) is 94.6 cm³/mol. The third-order valence-corrected chi connectivity index (χ3v) is 4.76. The second-order valence-electron chi connectivity index (χ2n) is 6.59. The molecular weight excluding hydrogens is 330 g/mol. The van der Waals surface area contributed by atoms with Crippen LogP contribution in [0.5, 0.6) is 5.75 Å². The molecule has 0 heterocycles. The Morgan fingerprint density at radius 3 is 2.21 bits per heavy atom. The predicted octanol–water partition coefficient (Wildman–Crippen LogP) is 3.30. The van der Waals surface area contributed by atoms with Crippen LogP contribution in [0.15, 0.2) is 24.3 Å². The zero-order chi connectivity index (χ0) is 18.4. The highest BCUT2D eigenvalue weighted by Crippen LogP contribution is 2.27. The standard InChI is InChI=1S/C17H25NO5S/c1-16(2,3)24-11-17(4,14(19)20)18-15(21)23-10-12-6-8-13(22-5)9-7-12/h6-9H,10-11H2,1-5H3,(H,18,21)(H,19,20)/t17-/m0/s1. The lowest BCUT2D eigenvalue weighted by molar-refractivity contribution is -0.142. The molecule has 0 aliphatic carbocycles. The lowest BCUT2D eigenvalue weighted by atomic mass is 10.1. The highest BCUT2D eigenvalue weighted by molar-refractivity contribution is 8.00. The average molecular weight is 355 g/mol. The topological polar surface area (TPSA) is 84.9 Å². The van der Waals surface area contributed by atoms with Gasteiger partial charge in [-0.1, -0.05) is 32.9 Å². The number of alkyl carbamates (subject to hydrolysis) is 1. The van der Waals surface area contributed by atoms with E-state index in [-0.39, 0.29) is 17.1 Å². The van der Waals surface area contributed by atoms with E-state index < -0.39 is 17.6 Å². The van der Waals surface area contributed by atoms with Gasteiger partial charge in [-0.2, -0.15) is 11.8 Å². The van der Waals surface area contributed by atoms with Gasteiger partial charge in [0, 0.05) is 10.5 Å². The van der Waals surface area contributed by atoms with Gasteiger partial charge in [0.2, 0.25) is 0 Å². The monoisotopic (exact) mass is 355 g/mol. The van der Waals surface area contributed by atoms with Crippen LogP contribution in [0.25, 0.3) is 0 Å². The Hall–Kier alpha value is -1.89. The number of carboxylic acids is 1. The van der Waals surface area contributed by atoms with Gasteiger partial charge in [0.15, 0.2) is 0 Å². The second-order valence-corrected chi connectivity index (χ2v) is 8.39. The Bertz CT molecular complexity index is 567. The van der Waals surface area contributed by atoms with Crippen molar-refractivity contribution in [3.8, 4) is 5.75 Å². The van der Waals surface area contributed by atoms with Gasteiger partial charge in [-0.05, 0) is 24.6 Å². The van der Waals surface area contributed by atoms with Crippen LogP contribution >= 0.6 is 11.8 Å². The molecule has 0 aromatic heterocycles. The number of amides is 1. The first-order valence-electron chi connectivity index (χ1n) is 7.51. The summed E-state index contributed by atoms with van der Waals surface area (Å²) in [6, 6.07) is 7.08. The minimum absolute atomic E-state index is 0.0535. The van der Waals surface area contributed by atoms with E-state index in [2.05, 4.69) is 5.32 Å². The second kappa shape index (κ2) is 8.28. The molecule has 0 aliphatic rings. The van der Waals surface area contributed by atoms with Crippen LogP contribution in [0, 0.1) is 0 Å². The van der Waals surface area contributed by atoms with Gasteiger partial charge in [-0.25, -0.2) is 9.59 Å². The van der Waals surface area contributed by atoms with Crippen molar-refractivity contribution in [2.24, 2.45) is 0 Å². The van der Waals surface area contributed by atoms with E-state index in [0.29, 0.717) is 5.75 Å². The normalized spacial score (nSPS) is 13.7. The quantitative estimate of drug-likeness (QED) is 0.781. The highest BCUT2D eigenvalue weighted by atomic mass is 32.2. The highest BCUT2D eigenvalue weighted by Gasteiger charge is 2.36. The average Bonchev–Trinajstić information content (AvgIpc) is 2.50. The van der Waals surface area contributed by atoms with Crippen molar-refractivity contribution >= 4 is 23.8 Å². The summed E-state index contributed by atoms with van der Waals surface area (Å²) in [6.07, 6.45) is -0.759. The summed E-state index contributed by atoms with van der Waals surface area (Å²) in [5.74, 6) is -0.148. The van der Waals surface area contributed by atoms with E-state index in [0.717, 1.165) is 5.56 Å². The van der Waals surface area contributed by atoms with Crippen LogP contribution in [0.1, 0.15) is 33.3 Å². The molecule has 0 saturated carbocycles. The number of benzene rings is 1. The van der Waals surface area contributed by atoms with Gasteiger partial charge in [0.05, 0.1) is 7.11 Å². The molecule has 0 unspecified atom stereocenters. The minimum atomic E-state index is -1.39. The molecule has 0 radical (unpaired) electrons. The summed E-state index contributed by atoms with van der Waals surface area (Å²) in [5, 5.41) is 11.9. The Kier molecular flexibility index (Phi) is 6.95. The fraction of sp³-hybridized carbons (Fsp3) is 0.529. The fourth-order valence-corrected chi connectivity index (χ4v) is 2.56. The number of nitrogens with one attached hydrogen (secondary N) is 1. The van der Waals surface area contributed by atoms with Gasteiger partial charge in [0.25, 0.3) is 0 Å². The molecule has 0 spiro atoms. The van der Waals surface area contributed by atoms with E-state index in [1.807, 2.05) is 20.8 Å². The number of rotatable bonds is 7. The number of thioether (sulfide) groups is 1. The van der Waals surface area contributed by atoms with Gasteiger partial charge < -0.3 is 19.9 Å². The molecule has 134 valence electrons. The maximum atomic E-state index is 12.0. The van der Waals surface area contributed by atoms with Crippen molar-refractivity contribution in [2.45, 2.75) is 44.6 Å². The molecule has 0 bridgehead atoms. The van der Waals surface area contributed by atoms with E-state index in [4.69, 9.17) is 9.47 Å². The fourth-order valence-electron chi connectivity index (χ4n) is 1.64. The summed E-state index contributed by atoms with van der Waals surface area (Å²) in [5.41, 5.74) is -0.610. The number of methoxy groups -OCH3 is 1. The summed E-state index contributed by atoms with van der Waals surface area (Å²) in [4.78, 5) is 23.5. The van der Waals surface area contributed by atoms with E-state index in [9.17, 15) is 14.7 Å². The van der Waals surface area contributed by atoms with Gasteiger partial charge in [-0.15, -0.1) is 0 Å². The van der Waals surface area contributed by atoms with Crippen molar-refractivity contribution in [1.82, 2.24) is 5.32 Å². The van der Waals surface area contributed by atoms with Crippen molar-refractivity contribution in [2.75, 3.05) is 12.9 Å². The number of aliphatic carboxylic acids is 1. The third kappa shape index (κ3) is 6.70.